The first-order chi connectivity index (χ1) is 7.77. The smallest absolute Gasteiger partial charge is 0.0575 e. The molecule has 2 heterocycles. The second-order valence-electron chi connectivity index (χ2n) is 4.31. The lowest BCUT2D eigenvalue weighted by molar-refractivity contribution is 0.00917. The number of halogens is 1. The quantitative estimate of drug-likeness (QED) is 0.894. The Labute approximate surface area is 106 Å². The Hall–Kier alpha value is -0.0900. The Bertz CT molecular complexity index is 323. The van der Waals surface area contributed by atoms with Crippen LogP contribution in [-0.4, -0.2) is 12.7 Å². The zero-order valence-corrected chi connectivity index (χ0v) is 10.9. The van der Waals surface area contributed by atoms with Gasteiger partial charge in [0.2, 0.25) is 0 Å². The third-order valence-electron chi connectivity index (χ3n) is 3.06. The highest BCUT2D eigenvalue weighted by molar-refractivity contribution is 7.10. The summed E-state index contributed by atoms with van der Waals surface area (Å²) in [7, 11) is 0. The molecule has 0 amide bonds. The van der Waals surface area contributed by atoms with E-state index in [4.69, 9.17) is 22.1 Å². The van der Waals surface area contributed by atoms with Crippen LogP contribution in [0.25, 0.3) is 0 Å². The molecular weight excluding hydrogens is 242 g/mol. The van der Waals surface area contributed by atoms with Gasteiger partial charge in [-0.25, -0.2) is 0 Å². The monoisotopic (exact) mass is 259 g/mol. The number of ether oxygens (including phenoxy) is 1. The summed E-state index contributed by atoms with van der Waals surface area (Å²) in [5.74, 6) is 0. The van der Waals surface area contributed by atoms with Gasteiger partial charge in [-0.2, -0.15) is 0 Å². The highest BCUT2D eigenvalue weighted by atomic mass is 35.5. The summed E-state index contributed by atoms with van der Waals surface area (Å²) in [6.45, 7) is 0.916. The van der Waals surface area contributed by atoms with Crippen LogP contribution in [0, 0.1) is 0 Å². The van der Waals surface area contributed by atoms with Gasteiger partial charge in [-0.3, -0.25) is 0 Å². The molecule has 0 aliphatic carbocycles. The molecule has 90 valence electrons. The standard InChI is InChI=1S/C12H18ClNOS/c13-10-6-8-16-12(10)11(14)5-4-9-3-1-2-7-15-9/h6,8-9,11H,1-5,7,14H2. The summed E-state index contributed by atoms with van der Waals surface area (Å²) < 4.78 is 5.69. The average Bonchev–Trinajstić information content (AvgIpc) is 2.74. The predicted octanol–water partition coefficient (Wildman–Crippen LogP) is 3.75. The van der Waals surface area contributed by atoms with Crippen molar-refractivity contribution in [2.45, 2.75) is 44.2 Å². The van der Waals surface area contributed by atoms with Gasteiger partial charge in [-0.1, -0.05) is 11.6 Å². The Morgan fingerprint density at radius 1 is 1.56 bits per heavy atom. The van der Waals surface area contributed by atoms with E-state index in [0.29, 0.717) is 6.10 Å². The molecule has 2 nitrogen and oxygen atoms in total. The Morgan fingerprint density at radius 2 is 2.44 bits per heavy atom. The summed E-state index contributed by atoms with van der Waals surface area (Å²) in [4.78, 5) is 1.11. The third kappa shape index (κ3) is 3.20. The van der Waals surface area contributed by atoms with E-state index in [0.717, 1.165) is 29.3 Å². The van der Waals surface area contributed by atoms with Gasteiger partial charge in [0.15, 0.2) is 0 Å². The fourth-order valence-corrected chi connectivity index (χ4v) is 3.34. The average molecular weight is 260 g/mol. The van der Waals surface area contributed by atoms with Gasteiger partial charge in [-0.05, 0) is 43.6 Å². The van der Waals surface area contributed by atoms with Gasteiger partial charge in [0.05, 0.1) is 11.1 Å². The fourth-order valence-electron chi connectivity index (χ4n) is 2.10. The van der Waals surface area contributed by atoms with E-state index >= 15 is 0 Å². The van der Waals surface area contributed by atoms with Crippen molar-refractivity contribution in [1.82, 2.24) is 0 Å². The van der Waals surface area contributed by atoms with Crippen molar-refractivity contribution in [3.63, 3.8) is 0 Å². The second-order valence-corrected chi connectivity index (χ2v) is 5.66. The second kappa shape index (κ2) is 6.01. The molecule has 2 unspecified atom stereocenters. The van der Waals surface area contributed by atoms with E-state index in [9.17, 15) is 0 Å². The van der Waals surface area contributed by atoms with Gasteiger partial charge < -0.3 is 10.5 Å². The topological polar surface area (TPSA) is 35.2 Å². The molecule has 1 aromatic rings. The number of rotatable bonds is 4. The molecule has 0 saturated carbocycles. The van der Waals surface area contributed by atoms with Gasteiger partial charge >= 0.3 is 0 Å². The van der Waals surface area contributed by atoms with Gasteiger partial charge in [0.1, 0.15) is 0 Å². The van der Waals surface area contributed by atoms with Crippen LogP contribution in [0.15, 0.2) is 11.4 Å². The molecule has 0 bridgehead atoms. The molecule has 1 fully saturated rings. The normalized spacial score (nSPS) is 23.2. The maximum atomic E-state index is 6.13. The summed E-state index contributed by atoms with van der Waals surface area (Å²) in [5.41, 5.74) is 6.13. The lowest BCUT2D eigenvalue weighted by Gasteiger charge is -2.23. The minimum Gasteiger partial charge on any atom is -0.378 e. The van der Waals surface area contributed by atoms with E-state index in [1.807, 2.05) is 11.4 Å². The molecule has 1 saturated heterocycles. The molecule has 4 heteroatoms. The maximum Gasteiger partial charge on any atom is 0.0575 e. The molecule has 1 aromatic heterocycles. The lowest BCUT2D eigenvalue weighted by atomic mass is 10.0. The van der Waals surface area contributed by atoms with E-state index in [-0.39, 0.29) is 6.04 Å². The molecular formula is C12H18ClNOS. The number of nitrogens with two attached hydrogens (primary N) is 1. The van der Waals surface area contributed by atoms with E-state index < -0.39 is 0 Å². The molecule has 1 aliphatic heterocycles. The Balaban J connectivity index is 1.79. The fraction of sp³-hybridized carbons (Fsp3) is 0.667. The molecule has 2 rings (SSSR count). The van der Waals surface area contributed by atoms with Crippen molar-refractivity contribution in [3.05, 3.63) is 21.3 Å². The summed E-state index contributed by atoms with van der Waals surface area (Å²) in [6.07, 6.45) is 6.11. The minimum absolute atomic E-state index is 0.0676. The van der Waals surface area contributed by atoms with E-state index in [1.54, 1.807) is 11.3 Å². The number of hydrogen-bond donors (Lipinski definition) is 1. The molecule has 0 aromatic carbocycles. The zero-order chi connectivity index (χ0) is 11.4. The predicted molar refractivity (Wildman–Crippen MR) is 69.1 cm³/mol. The molecule has 0 radical (unpaired) electrons. The molecule has 2 atom stereocenters. The Kier molecular flexibility index (Phi) is 4.65. The van der Waals surface area contributed by atoms with Crippen LogP contribution in [-0.2, 0) is 4.74 Å². The van der Waals surface area contributed by atoms with E-state index in [1.165, 1.54) is 19.3 Å². The van der Waals surface area contributed by atoms with E-state index in [2.05, 4.69) is 0 Å². The van der Waals surface area contributed by atoms with Crippen LogP contribution in [0.4, 0.5) is 0 Å². The first-order valence-corrected chi connectivity index (χ1v) is 7.13. The first-order valence-electron chi connectivity index (χ1n) is 5.87. The van der Waals surface area contributed by atoms with Gasteiger partial charge in [0, 0.05) is 17.5 Å². The third-order valence-corrected chi connectivity index (χ3v) is 4.55. The Morgan fingerprint density at radius 3 is 3.06 bits per heavy atom. The number of hydrogen-bond acceptors (Lipinski definition) is 3. The molecule has 0 spiro atoms. The van der Waals surface area contributed by atoms with Crippen LogP contribution in [0.3, 0.4) is 0 Å². The van der Waals surface area contributed by atoms with Crippen LogP contribution in [0.1, 0.15) is 43.0 Å². The van der Waals surface area contributed by atoms with Gasteiger partial charge in [-0.15, -0.1) is 11.3 Å². The molecule has 16 heavy (non-hydrogen) atoms. The van der Waals surface area contributed by atoms with Crippen LogP contribution in [0.5, 0.6) is 0 Å². The summed E-state index contributed by atoms with van der Waals surface area (Å²) >= 11 is 7.70. The molecule has 2 N–H and O–H groups in total. The number of thiophene rings is 1. The van der Waals surface area contributed by atoms with Crippen molar-refractivity contribution >= 4 is 22.9 Å². The van der Waals surface area contributed by atoms with Crippen molar-refractivity contribution in [3.8, 4) is 0 Å². The van der Waals surface area contributed by atoms with Crippen molar-refractivity contribution in [2.75, 3.05) is 6.61 Å². The van der Waals surface area contributed by atoms with Gasteiger partial charge in [0.25, 0.3) is 0 Å². The highest BCUT2D eigenvalue weighted by Gasteiger charge is 2.17. The SMILES string of the molecule is NC(CCC1CCCCO1)c1sccc1Cl. The van der Waals surface area contributed by atoms with Crippen LogP contribution in [0.2, 0.25) is 5.02 Å². The van der Waals surface area contributed by atoms with Crippen molar-refractivity contribution in [1.29, 1.82) is 0 Å². The first kappa shape index (κ1) is 12.4. The van der Waals surface area contributed by atoms with Crippen molar-refractivity contribution in [2.24, 2.45) is 5.73 Å². The largest absolute Gasteiger partial charge is 0.378 e. The summed E-state index contributed by atoms with van der Waals surface area (Å²) in [6, 6.07) is 1.98. The molecule has 1 aliphatic rings. The highest BCUT2D eigenvalue weighted by Crippen LogP contribution is 2.30. The zero-order valence-electron chi connectivity index (χ0n) is 9.32. The van der Waals surface area contributed by atoms with Crippen LogP contribution < -0.4 is 5.73 Å². The van der Waals surface area contributed by atoms with Crippen molar-refractivity contribution < 1.29 is 4.74 Å². The minimum atomic E-state index is 0.0676. The van der Waals surface area contributed by atoms with Crippen LogP contribution >= 0.6 is 22.9 Å². The lowest BCUT2D eigenvalue weighted by Crippen LogP contribution is -2.21. The maximum absolute atomic E-state index is 6.13. The summed E-state index contributed by atoms with van der Waals surface area (Å²) in [5, 5.41) is 2.80.